The van der Waals surface area contributed by atoms with Gasteiger partial charge in [-0.1, -0.05) is 0 Å². The Labute approximate surface area is 170 Å². The molecule has 1 aliphatic rings. The summed E-state index contributed by atoms with van der Waals surface area (Å²) < 4.78 is 5.17. The van der Waals surface area contributed by atoms with Gasteiger partial charge in [0.2, 0.25) is 0 Å². The Balaban J connectivity index is 0.00000576. The van der Waals surface area contributed by atoms with Crippen molar-refractivity contribution >= 4 is 35.9 Å². The molecule has 1 rings (SSSR count). The van der Waals surface area contributed by atoms with E-state index < -0.39 is 0 Å². The predicted octanol–water partition coefficient (Wildman–Crippen LogP) is 2.58. The first-order valence-corrected chi connectivity index (χ1v) is 9.32. The van der Waals surface area contributed by atoms with Gasteiger partial charge in [-0.05, 0) is 60.0 Å². The topological polar surface area (TPSA) is 57.2 Å². The number of likely N-dealkylation sites (tertiary alicyclic amines) is 1. The molecule has 148 valence electrons. The van der Waals surface area contributed by atoms with Crippen LogP contribution in [0.5, 0.6) is 0 Å². The minimum atomic E-state index is -0.0747. The molecule has 25 heavy (non-hydrogen) atoms. The van der Waals surface area contributed by atoms with E-state index >= 15 is 0 Å². The van der Waals surface area contributed by atoms with Crippen LogP contribution in [0.4, 0.5) is 0 Å². The average Bonchev–Trinajstić information content (AvgIpc) is 2.58. The van der Waals surface area contributed by atoms with Crippen molar-refractivity contribution in [2.45, 2.75) is 52.5 Å². The first-order valence-electron chi connectivity index (χ1n) is 9.32. The summed E-state index contributed by atoms with van der Waals surface area (Å²) in [4.78, 5) is 20.9. The molecule has 0 amide bonds. The first-order chi connectivity index (χ1) is 11.5. The van der Waals surface area contributed by atoms with Crippen molar-refractivity contribution in [1.29, 1.82) is 0 Å². The van der Waals surface area contributed by atoms with Gasteiger partial charge < -0.3 is 19.9 Å². The number of carbonyl (C=O) groups excluding carboxylic acids is 1. The Morgan fingerprint density at radius 3 is 2.72 bits per heavy atom. The molecule has 0 unspecified atom stereocenters. The van der Waals surface area contributed by atoms with Crippen molar-refractivity contribution in [1.82, 2.24) is 15.1 Å². The molecule has 1 aliphatic heterocycles. The van der Waals surface area contributed by atoms with E-state index in [9.17, 15) is 4.79 Å². The second kappa shape index (κ2) is 13.6. The van der Waals surface area contributed by atoms with Crippen molar-refractivity contribution in [3.63, 3.8) is 0 Å². The second-order valence-electron chi connectivity index (χ2n) is 6.79. The van der Waals surface area contributed by atoms with E-state index in [1.54, 1.807) is 0 Å². The maximum absolute atomic E-state index is 12.0. The van der Waals surface area contributed by atoms with Gasteiger partial charge in [-0.25, -0.2) is 0 Å². The molecule has 0 spiro atoms. The van der Waals surface area contributed by atoms with Gasteiger partial charge >= 0.3 is 5.97 Å². The molecule has 1 heterocycles. The van der Waals surface area contributed by atoms with Crippen molar-refractivity contribution in [2.24, 2.45) is 10.9 Å². The van der Waals surface area contributed by atoms with E-state index in [1.807, 2.05) is 14.0 Å². The summed E-state index contributed by atoms with van der Waals surface area (Å²) >= 11 is 0. The van der Waals surface area contributed by atoms with Crippen molar-refractivity contribution in [3.05, 3.63) is 0 Å². The zero-order valence-electron chi connectivity index (χ0n) is 16.6. The number of halogens is 1. The Morgan fingerprint density at radius 2 is 2.12 bits per heavy atom. The number of nitrogens with zero attached hydrogens (tertiary/aromatic N) is 3. The number of hydrogen-bond donors (Lipinski definition) is 1. The van der Waals surface area contributed by atoms with Crippen LogP contribution in [0, 0.1) is 5.92 Å². The fourth-order valence-electron chi connectivity index (χ4n) is 2.90. The highest BCUT2D eigenvalue weighted by Crippen LogP contribution is 2.18. The monoisotopic (exact) mass is 468 g/mol. The molecule has 6 nitrogen and oxygen atoms in total. The number of rotatable bonds is 8. The third-order valence-electron chi connectivity index (χ3n) is 4.65. The molecule has 0 aromatic rings. The molecule has 0 aromatic carbocycles. The number of piperidine rings is 1. The van der Waals surface area contributed by atoms with Crippen molar-refractivity contribution < 1.29 is 9.53 Å². The lowest BCUT2D eigenvalue weighted by Gasteiger charge is -2.34. The minimum absolute atomic E-state index is 0. The fourth-order valence-corrected chi connectivity index (χ4v) is 2.90. The number of nitrogens with one attached hydrogen (secondary N) is 1. The molecule has 0 aliphatic carbocycles. The van der Waals surface area contributed by atoms with Crippen molar-refractivity contribution in [2.75, 3.05) is 46.9 Å². The van der Waals surface area contributed by atoms with Gasteiger partial charge in [-0.15, -0.1) is 24.0 Å². The Hall–Kier alpha value is -0.570. The van der Waals surface area contributed by atoms with Crippen molar-refractivity contribution in [3.8, 4) is 0 Å². The molecule has 1 atom stereocenters. The van der Waals surface area contributed by atoms with Gasteiger partial charge in [0, 0.05) is 32.7 Å². The number of ether oxygens (including phenoxy) is 1. The summed E-state index contributed by atoms with van der Waals surface area (Å²) in [7, 11) is 3.98. The zero-order valence-corrected chi connectivity index (χ0v) is 18.9. The number of hydrogen-bond acceptors (Lipinski definition) is 4. The van der Waals surface area contributed by atoms with Gasteiger partial charge in [-0.3, -0.25) is 9.79 Å². The van der Waals surface area contributed by atoms with Crippen LogP contribution in [0.25, 0.3) is 0 Å². The van der Waals surface area contributed by atoms with Crippen LogP contribution >= 0.6 is 24.0 Å². The largest absolute Gasteiger partial charge is 0.466 e. The molecule has 1 saturated heterocycles. The SMILES string of the molecule is CCOC(=O)[C@H]1CCCN(C(=NC)NCCCCN(C)C(C)C)C1.I. The van der Waals surface area contributed by atoms with E-state index in [2.05, 4.69) is 41.0 Å². The highest BCUT2D eigenvalue weighted by atomic mass is 127. The lowest BCUT2D eigenvalue weighted by atomic mass is 9.98. The smallest absolute Gasteiger partial charge is 0.310 e. The molecular formula is C18H37IN4O2. The maximum atomic E-state index is 12.0. The van der Waals surface area contributed by atoms with Gasteiger partial charge in [0.15, 0.2) is 5.96 Å². The molecular weight excluding hydrogens is 431 g/mol. The number of unbranched alkanes of at least 4 members (excludes halogenated alkanes) is 1. The third kappa shape index (κ3) is 9.08. The molecule has 0 saturated carbocycles. The lowest BCUT2D eigenvalue weighted by Crippen LogP contribution is -2.48. The molecule has 7 heteroatoms. The molecule has 1 N–H and O–H groups in total. The molecule has 0 radical (unpaired) electrons. The van der Waals surface area contributed by atoms with Crippen LogP contribution in [-0.2, 0) is 9.53 Å². The van der Waals surface area contributed by atoms with E-state index in [0.717, 1.165) is 44.9 Å². The highest BCUT2D eigenvalue weighted by molar-refractivity contribution is 14.0. The normalized spacial score (nSPS) is 18.3. The predicted molar refractivity (Wildman–Crippen MR) is 115 cm³/mol. The molecule has 1 fully saturated rings. The number of aliphatic imine (C=N–C) groups is 1. The zero-order chi connectivity index (χ0) is 17.9. The third-order valence-corrected chi connectivity index (χ3v) is 4.65. The van der Waals surface area contributed by atoms with Crippen LogP contribution < -0.4 is 5.32 Å². The number of guanidine groups is 1. The van der Waals surface area contributed by atoms with Crippen LogP contribution in [-0.4, -0.2) is 74.7 Å². The summed E-state index contributed by atoms with van der Waals surface area (Å²) in [6.07, 6.45) is 4.20. The van der Waals surface area contributed by atoms with Crippen LogP contribution in [0.1, 0.15) is 46.5 Å². The average molecular weight is 468 g/mol. The summed E-state index contributed by atoms with van der Waals surface area (Å²) in [5.74, 6) is 0.799. The van der Waals surface area contributed by atoms with Crippen LogP contribution in [0.3, 0.4) is 0 Å². The van der Waals surface area contributed by atoms with E-state index in [4.69, 9.17) is 4.74 Å². The summed E-state index contributed by atoms with van der Waals surface area (Å²) in [6.45, 7) is 10.4. The number of carbonyl (C=O) groups is 1. The molecule has 0 bridgehead atoms. The standard InChI is InChI=1S/C18H36N4O2.HI/c1-6-24-17(23)16-10-9-13-22(14-16)18(19-4)20-11-7-8-12-21(5)15(2)3;/h15-16H,6-14H2,1-5H3,(H,19,20);1H/t16-;/m0./s1. The summed E-state index contributed by atoms with van der Waals surface area (Å²) in [6, 6.07) is 0.596. The van der Waals surface area contributed by atoms with E-state index in [0.29, 0.717) is 19.2 Å². The van der Waals surface area contributed by atoms with Gasteiger partial charge in [0.25, 0.3) is 0 Å². The number of esters is 1. The Bertz CT molecular complexity index is 405. The van der Waals surface area contributed by atoms with Gasteiger partial charge in [-0.2, -0.15) is 0 Å². The van der Waals surface area contributed by atoms with E-state index in [1.165, 1.54) is 6.42 Å². The lowest BCUT2D eigenvalue weighted by molar-refractivity contribution is -0.149. The minimum Gasteiger partial charge on any atom is -0.466 e. The van der Waals surface area contributed by atoms with Gasteiger partial charge in [0.1, 0.15) is 0 Å². The van der Waals surface area contributed by atoms with Crippen LogP contribution in [0.2, 0.25) is 0 Å². The highest BCUT2D eigenvalue weighted by Gasteiger charge is 2.28. The maximum Gasteiger partial charge on any atom is 0.310 e. The second-order valence-corrected chi connectivity index (χ2v) is 6.79. The summed E-state index contributed by atoms with van der Waals surface area (Å²) in [5, 5.41) is 3.44. The fraction of sp³-hybridized carbons (Fsp3) is 0.889. The molecule has 0 aromatic heterocycles. The Morgan fingerprint density at radius 1 is 1.40 bits per heavy atom. The van der Waals surface area contributed by atoms with Gasteiger partial charge in [0.05, 0.1) is 12.5 Å². The summed E-state index contributed by atoms with van der Waals surface area (Å²) in [5.41, 5.74) is 0. The van der Waals surface area contributed by atoms with E-state index in [-0.39, 0.29) is 35.9 Å². The first kappa shape index (κ1) is 24.4. The van der Waals surface area contributed by atoms with Crippen LogP contribution in [0.15, 0.2) is 4.99 Å². The Kier molecular flexibility index (Phi) is 13.3. The quantitative estimate of drug-likeness (QED) is 0.195.